The summed E-state index contributed by atoms with van der Waals surface area (Å²) in [6, 6.07) is 8.01. The van der Waals surface area contributed by atoms with Crippen LogP contribution in [0.25, 0.3) is 0 Å². The van der Waals surface area contributed by atoms with E-state index in [0.29, 0.717) is 59.6 Å². The summed E-state index contributed by atoms with van der Waals surface area (Å²) in [7, 11) is -3.61. The van der Waals surface area contributed by atoms with Gasteiger partial charge in [-0.15, -0.1) is 0 Å². The smallest absolute Gasteiger partial charge is 0.255 e. The Kier molecular flexibility index (Phi) is 6.41. The number of anilines is 1. The average Bonchev–Trinajstić information content (AvgIpc) is 3.01. The number of nitrogens with one attached hydrogen (secondary N) is 1. The van der Waals surface area contributed by atoms with Crippen molar-refractivity contribution in [2.45, 2.75) is 37.5 Å². The molecule has 4 rings (SSSR count). The van der Waals surface area contributed by atoms with Gasteiger partial charge in [-0.1, -0.05) is 24.1 Å². The van der Waals surface area contributed by atoms with Gasteiger partial charge in [0.1, 0.15) is 0 Å². The van der Waals surface area contributed by atoms with Gasteiger partial charge >= 0.3 is 0 Å². The minimum absolute atomic E-state index is 0.212. The molecular formula is C22H25ClN2O5S. The third-order valence-corrected chi connectivity index (χ3v) is 7.76. The molecule has 1 fully saturated rings. The predicted octanol–water partition coefficient (Wildman–Crippen LogP) is 4.24. The Hall–Kier alpha value is -2.29. The van der Waals surface area contributed by atoms with Crippen molar-refractivity contribution in [1.82, 2.24) is 4.31 Å². The molecule has 0 atom stereocenters. The second kappa shape index (κ2) is 9.06. The summed E-state index contributed by atoms with van der Waals surface area (Å²) in [6.07, 6.45) is 3.49. The summed E-state index contributed by atoms with van der Waals surface area (Å²) in [5.41, 5.74) is 1.34. The fourth-order valence-electron chi connectivity index (χ4n) is 3.77. The van der Waals surface area contributed by atoms with Gasteiger partial charge in [-0.2, -0.15) is 4.31 Å². The Morgan fingerprint density at radius 3 is 2.55 bits per heavy atom. The zero-order chi connectivity index (χ0) is 22.0. The first-order chi connectivity index (χ1) is 14.9. The molecule has 7 nitrogen and oxygen atoms in total. The van der Waals surface area contributed by atoms with Crippen molar-refractivity contribution in [1.29, 1.82) is 0 Å². The number of sulfonamides is 1. The van der Waals surface area contributed by atoms with Crippen LogP contribution in [0.1, 0.15) is 41.6 Å². The fraction of sp³-hybridized carbons (Fsp3) is 0.409. The third-order valence-electron chi connectivity index (χ3n) is 5.44. The number of halogens is 1. The SMILES string of the molecule is Cc1ccc(NC(=O)c2cc(Cl)c3c(c2)OCCCO3)cc1S(=O)(=O)N1CCCCC1. The monoisotopic (exact) mass is 464 g/mol. The van der Waals surface area contributed by atoms with Crippen LogP contribution in [0, 0.1) is 6.92 Å². The first-order valence-corrected chi connectivity index (χ1v) is 12.2. The molecule has 2 aromatic rings. The van der Waals surface area contributed by atoms with E-state index < -0.39 is 15.9 Å². The summed E-state index contributed by atoms with van der Waals surface area (Å²) >= 11 is 6.29. The quantitative estimate of drug-likeness (QED) is 0.731. The van der Waals surface area contributed by atoms with Crippen LogP contribution < -0.4 is 14.8 Å². The number of ether oxygens (including phenoxy) is 2. The Morgan fingerprint density at radius 1 is 1.03 bits per heavy atom. The van der Waals surface area contributed by atoms with E-state index in [0.717, 1.165) is 25.7 Å². The highest BCUT2D eigenvalue weighted by atomic mass is 35.5. The number of benzene rings is 2. The highest BCUT2D eigenvalue weighted by molar-refractivity contribution is 7.89. The molecule has 2 aromatic carbocycles. The normalized spacial score (nSPS) is 17.1. The van der Waals surface area contributed by atoms with Crippen molar-refractivity contribution in [3.63, 3.8) is 0 Å². The Balaban J connectivity index is 1.59. The molecule has 166 valence electrons. The Bertz CT molecular complexity index is 1100. The molecule has 2 aliphatic heterocycles. The van der Waals surface area contributed by atoms with Gasteiger partial charge < -0.3 is 14.8 Å². The molecule has 0 bridgehead atoms. The number of amides is 1. The van der Waals surface area contributed by atoms with Gasteiger partial charge in [0.25, 0.3) is 5.91 Å². The second-order valence-corrected chi connectivity index (χ2v) is 10.0. The van der Waals surface area contributed by atoms with E-state index in [1.54, 1.807) is 25.1 Å². The lowest BCUT2D eigenvalue weighted by molar-refractivity contribution is 0.102. The van der Waals surface area contributed by atoms with Crippen molar-refractivity contribution < 1.29 is 22.7 Å². The lowest BCUT2D eigenvalue weighted by Gasteiger charge is -2.26. The van der Waals surface area contributed by atoms with E-state index in [2.05, 4.69) is 5.32 Å². The van der Waals surface area contributed by atoms with Crippen LogP contribution in [-0.4, -0.2) is 44.9 Å². The molecule has 0 radical (unpaired) electrons. The second-order valence-electron chi connectivity index (χ2n) is 7.73. The maximum absolute atomic E-state index is 13.1. The topological polar surface area (TPSA) is 84.9 Å². The number of carbonyl (C=O) groups is 1. The molecule has 2 aliphatic rings. The fourth-order valence-corrected chi connectivity index (χ4v) is 5.80. The van der Waals surface area contributed by atoms with Gasteiger partial charge in [-0.3, -0.25) is 4.79 Å². The zero-order valence-corrected chi connectivity index (χ0v) is 18.9. The van der Waals surface area contributed by atoms with Crippen LogP contribution in [0.15, 0.2) is 35.2 Å². The number of hydrogen-bond donors (Lipinski definition) is 1. The lowest BCUT2D eigenvalue weighted by Crippen LogP contribution is -2.36. The van der Waals surface area contributed by atoms with Gasteiger partial charge in [0.05, 0.1) is 23.1 Å². The van der Waals surface area contributed by atoms with Gasteiger partial charge in [0.2, 0.25) is 10.0 Å². The van der Waals surface area contributed by atoms with E-state index in [-0.39, 0.29) is 4.90 Å². The number of nitrogens with zero attached hydrogens (tertiary/aromatic N) is 1. The van der Waals surface area contributed by atoms with Crippen molar-refractivity contribution in [2.24, 2.45) is 0 Å². The number of rotatable bonds is 4. The van der Waals surface area contributed by atoms with Crippen molar-refractivity contribution in [2.75, 3.05) is 31.6 Å². The average molecular weight is 465 g/mol. The first kappa shape index (κ1) is 21.9. The molecule has 0 unspecified atom stereocenters. The molecule has 2 heterocycles. The van der Waals surface area contributed by atoms with E-state index in [9.17, 15) is 13.2 Å². The van der Waals surface area contributed by atoms with E-state index >= 15 is 0 Å². The van der Waals surface area contributed by atoms with E-state index in [1.165, 1.54) is 16.4 Å². The number of carbonyl (C=O) groups excluding carboxylic acids is 1. The van der Waals surface area contributed by atoms with Gasteiger partial charge in [-0.05, 0) is 49.6 Å². The maximum atomic E-state index is 13.1. The van der Waals surface area contributed by atoms with Crippen molar-refractivity contribution in [3.05, 3.63) is 46.5 Å². The summed E-state index contributed by atoms with van der Waals surface area (Å²) < 4.78 is 39.0. The predicted molar refractivity (Wildman–Crippen MR) is 119 cm³/mol. The van der Waals surface area contributed by atoms with Crippen LogP contribution in [0.4, 0.5) is 5.69 Å². The van der Waals surface area contributed by atoms with Crippen LogP contribution in [0.5, 0.6) is 11.5 Å². The molecule has 1 amide bonds. The third kappa shape index (κ3) is 4.66. The van der Waals surface area contributed by atoms with Crippen LogP contribution in [0.2, 0.25) is 5.02 Å². The first-order valence-electron chi connectivity index (χ1n) is 10.4. The van der Waals surface area contributed by atoms with Crippen LogP contribution in [-0.2, 0) is 10.0 Å². The summed E-state index contributed by atoms with van der Waals surface area (Å²) in [4.78, 5) is 13.1. The van der Waals surface area contributed by atoms with Gasteiger partial charge in [0, 0.05) is 30.8 Å². The lowest BCUT2D eigenvalue weighted by atomic mass is 10.1. The molecule has 0 aliphatic carbocycles. The molecular weight excluding hydrogens is 440 g/mol. The van der Waals surface area contributed by atoms with Gasteiger partial charge in [0.15, 0.2) is 11.5 Å². The molecule has 0 aromatic heterocycles. The number of aryl methyl sites for hydroxylation is 1. The van der Waals surface area contributed by atoms with Crippen molar-refractivity contribution >= 4 is 33.2 Å². The summed E-state index contributed by atoms with van der Waals surface area (Å²) in [6.45, 7) is 3.77. The number of hydrogen-bond acceptors (Lipinski definition) is 5. The molecule has 1 N–H and O–H groups in total. The molecule has 0 spiro atoms. The van der Waals surface area contributed by atoms with Crippen LogP contribution >= 0.6 is 11.6 Å². The number of piperidine rings is 1. The minimum Gasteiger partial charge on any atom is -0.489 e. The largest absolute Gasteiger partial charge is 0.489 e. The summed E-state index contributed by atoms with van der Waals surface area (Å²) in [5, 5.41) is 3.07. The van der Waals surface area contributed by atoms with Crippen LogP contribution in [0.3, 0.4) is 0 Å². The van der Waals surface area contributed by atoms with Crippen molar-refractivity contribution in [3.8, 4) is 11.5 Å². The minimum atomic E-state index is -3.61. The molecule has 0 saturated carbocycles. The molecule has 9 heteroatoms. The highest BCUT2D eigenvalue weighted by Gasteiger charge is 2.28. The maximum Gasteiger partial charge on any atom is 0.255 e. The standard InChI is InChI=1S/C22H25ClN2O5S/c1-15-6-7-17(14-20(15)31(27,28)25-8-3-2-4-9-25)24-22(26)16-12-18(23)21-19(13-16)29-10-5-11-30-21/h6-7,12-14H,2-5,8-11H2,1H3,(H,24,26). The highest BCUT2D eigenvalue weighted by Crippen LogP contribution is 2.38. The molecule has 31 heavy (non-hydrogen) atoms. The van der Waals surface area contributed by atoms with E-state index in [1.807, 2.05) is 0 Å². The zero-order valence-electron chi connectivity index (χ0n) is 17.3. The Labute approximate surface area is 187 Å². The summed E-state index contributed by atoms with van der Waals surface area (Å²) in [5.74, 6) is 0.441. The Morgan fingerprint density at radius 2 is 1.77 bits per heavy atom. The number of fused-ring (bicyclic) bond motifs is 1. The molecule has 1 saturated heterocycles. The van der Waals surface area contributed by atoms with Gasteiger partial charge in [-0.25, -0.2) is 8.42 Å². The van der Waals surface area contributed by atoms with E-state index in [4.69, 9.17) is 21.1 Å².